The molecule has 0 saturated carbocycles. The van der Waals surface area contributed by atoms with Crippen molar-refractivity contribution in [2.75, 3.05) is 18.0 Å². The highest BCUT2D eigenvalue weighted by atomic mass is 15.2. The highest BCUT2D eigenvalue weighted by Crippen LogP contribution is 2.32. The van der Waals surface area contributed by atoms with Crippen molar-refractivity contribution in [3.8, 4) is 22.4 Å². The first-order valence-electron chi connectivity index (χ1n) is 9.52. The van der Waals surface area contributed by atoms with Crippen molar-refractivity contribution in [3.63, 3.8) is 0 Å². The third kappa shape index (κ3) is 2.87. The first-order valence-corrected chi connectivity index (χ1v) is 9.52. The molecule has 0 aliphatic carbocycles. The second-order valence-electron chi connectivity index (χ2n) is 7.19. The fourth-order valence-electron chi connectivity index (χ4n) is 3.95. The molecule has 0 radical (unpaired) electrons. The lowest BCUT2D eigenvalue weighted by atomic mass is 10.0. The summed E-state index contributed by atoms with van der Waals surface area (Å²) in [6, 6.07) is 19.0. The maximum absolute atomic E-state index is 4.98. The van der Waals surface area contributed by atoms with Crippen molar-refractivity contribution in [2.24, 2.45) is 7.05 Å². The number of aryl methyl sites for hydroxylation is 1. The van der Waals surface area contributed by atoms with E-state index < -0.39 is 0 Å². The number of nitrogens with zero attached hydrogens (tertiary/aromatic N) is 4. The van der Waals surface area contributed by atoms with Crippen LogP contribution in [0.4, 0.5) is 5.82 Å². The normalized spacial score (nSPS) is 14.2. The van der Waals surface area contributed by atoms with Gasteiger partial charge in [-0.25, -0.2) is 9.97 Å². The Morgan fingerprint density at radius 2 is 1.70 bits per heavy atom. The van der Waals surface area contributed by atoms with E-state index in [9.17, 15) is 0 Å². The number of hydrogen-bond acceptors (Lipinski definition) is 3. The zero-order chi connectivity index (χ0) is 18.2. The monoisotopic (exact) mass is 354 g/mol. The van der Waals surface area contributed by atoms with Gasteiger partial charge in [0.25, 0.3) is 0 Å². The van der Waals surface area contributed by atoms with Crippen LogP contribution in [0, 0.1) is 0 Å². The van der Waals surface area contributed by atoms with E-state index in [2.05, 4.69) is 64.2 Å². The van der Waals surface area contributed by atoms with Crippen molar-refractivity contribution < 1.29 is 0 Å². The van der Waals surface area contributed by atoms with Crippen LogP contribution < -0.4 is 4.90 Å². The first-order chi connectivity index (χ1) is 13.3. The molecule has 4 heterocycles. The largest absolute Gasteiger partial charge is 0.357 e. The van der Waals surface area contributed by atoms with Gasteiger partial charge in [0, 0.05) is 49.0 Å². The van der Waals surface area contributed by atoms with Gasteiger partial charge in [0.05, 0.1) is 5.69 Å². The van der Waals surface area contributed by atoms with Crippen LogP contribution >= 0.6 is 0 Å². The van der Waals surface area contributed by atoms with Gasteiger partial charge in [-0.15, -0.1) is 0 Å². The van der Waals surface area contributed by atoms with Gasteiger partial charge in [-0.05, 0) is 36.6 Å². The standard InChI is InChI=1S/C23H22N4/c1-26-16-20(21-10-7-11-22(25-21)27-12-5-6-13-27)19-14-18(15-24-23(19)26)17-8-3-2-4-9-17/h2-4,7-11,14-16H,5-6,12-13H2,1H3. The Hall–Kier alpha value is -3.14. The van der Waals surface area contributed by atoms with Crippen molar-refractivity contribution in [1.82, 2.24) is 14.5 Å². The molecule has 1 fully saturated rings. The summed E-state index contributed by atoms with van der Waals surface area (Å²) in [5, 5.41) is 1.14. The minimum atomic E-state index is 0.984. The van der Waals surface area contributed by atoms with E-state index in [4.69, 9.17) is 9.97 Å². The second-order valence-corrected chi connectivity index (χ2v) is 7.19. The van der Waals surface area contributed by atoms with Crippen LogP contribution in [-0.4, -0.2) is 27.6 Å². The van der Waals surface area contributed by atoms with E-state index >= 15 is 0 Å². The number of aromatic nitrogens is 3. The number of hydrogen-bond donors (Lipinski definition) is 0. The van der Waals surface area contributed by atoms with E-state index in [0.717, 1.165) is 46.8 Å². The van der Waals surface area contributed by atoms with E-state index in [-0.39, 0.29) is 0 Å². The molecule has 1 aliphatic rings. The third-order valence-electron chi connectivity index (χ3n) is 5.36. The summed E-state index contributed by atoms with van der Waals surface area (Å²) in [6.45, 7) is 2.21. The molecule has 0 spiro atoms. The Morgan fingerprint density at radius 3 is 2.52 bits per heavy atom. The van der Waals surface area contributed by atoms with Gasteiger partial charge in [0.2, 0.25) is 0 Å². The highest BCUT2D eigenvalue weighted by Gasteiger charge is 2.16. The quantitative estimate of drug-likeness (QED) is 0.525. The number of rotatable bonds is 3. The Bertz CT molecular complexity index is 1090. The lowest BCUT2D eigenvalue weighted by Gasteiger charge is -2.16. The molecule has 5 rings (SSSR count). The van der Waals surface area contributed by atoms with Gasteiger partial charge in [-0.2, -0.15) is 0 Å². The number of pyridine rings is 2. The van der Waals surface area contributed by atoms with Crippen LogP contribution in [0.15, 0.2) is 67.0 Å². The molecule has 4 heteroatoms. The zero-order valence-electron chi connectivity index (χ0n) is 15.5. The van der Waals surface area contributed by atoms with Crippen LogP contribution in [0.1, 0.15) is 12.8 Å². The lowest BCUT2D eigenvalue weighted by Crippen LogP contribution is -2.18. The maximum atomic E-state index is 4.98. The van der Waals surface area contributed by atoms with Gasteiger partial charge >= 0.3 is 0 Å². The fraction of sp³-hybridized carbons (Fsp3) is 0.217. The van der Waals surface area contributed by atoms with Crippen LogP contribution in [0.2, 0.25) is 0 Å². The van der Waals surface area contributed by atoms with E-state index in [1.54, 1.807) is 0 Å². The number of fused-ring (bicyclic) bond motifs is 1. The minimum Gasteiger partial charge on any atom is -0.357 e. The molecule has 4 nitrogen and oxygen atoms in total. The molecule has 134 valence electrons. The van der Waals surface area contributed by atoms with E-state index in [1.807, 2.05) is 19.3 Å². The lowest BCUT2D eigenvalue weighted by molar-refractivity contribution is 0.936. The second kappa shape index (κ2) is 6.54. The van der Waals surface area contributed by atoms with Crippen LogP contribution in [0.3, 0.4) is 0 Å². The topological polar surface area (TPSA) is 34.0 Å². The maximum Gasteiger partial charge on any atom is 0.140 e. The zero-order valence-corrected chi connectivity index (χ0v) is 15.5. The Balaban J connectivity index is 1.64. The van der Waals surface area contributed by atoms with Crippen molar-refractivity contribution >= 4 is 16.9 Å². The molecule has 0 N–H and O–H groups in total. The van der Waals surface area contributed by atoms with Crippen LogP contribution in [-0.2, 0) is 7.05 Å². The molecule has 27 heavy (non-hydrogen) atoms. The fourth-order valence-corrected chi connectivity index (χ4v) is 3.95. The molecule has 3 aromatic heterocycles. The predicted molar refractivity (Wildman–Crippen MR) is 111 cm³/mol. The van der Waals surface area contributed by atoms with Gasteiger partial charge < -0.3 is 9.47 Å². The molecule has 1 aromatic carbocycles. The van der Waals surface area contributed by atoms with Crippen LogP contribution in [0.25, 0.3) is 33.4 Å². The molecule has 0 atom stereocenters. The van der Waals surface area contributed by atoms with Gasteiger partial charge in [-0.1, -0.05) is 36.4 Å². The van der Waals surface area contributed by atoms with Gasteiger partial charge in [-0.3, -0.25) is 0 Å². The highest BCUT2D eigenvalue weighted by molar-refractivity contribution is 5.95. The van der Waals surface area contributed by atoms with Crippen molar-refractivity contribution in [1.29, 1.82) is 0 Å². The van der Waals surface area contributed by atoms with Crippen LogP contribution in [0.5, 0.6) is 0 Å². The Morgan fingerprint density at radius 1 is 0.889 bits per heavy atom. The summed E-state index contributed by atoms with van der Waals surface area (Å²) in [5.41, 5.74) is 5.45. The summed E-state index contributed by atoms with van der Waals surface area (Å²) >= 11 is 0. The minimum absolute atomic E-state index is 0.984. The molecular formula is C23H22N4. The van der Waals surface area contributed by atoms with Gasteiger partial charge in [0.1, 0.15) is 11.5 Å². The molecule has 0 amide bonds. The van der Waals surface area contributed by atoms with E-state index in [1.165, 1.54) is 18.4 Å². The predicted octanol–water partition coefficient (Wildman–Crippen LogP) is 4.90. The molecule has 4 aromatic rings. The summed E-state index contributed by atoms with van der Waals surface area (Å²) in [6.07, 6.45) is 6.60. The Labute approximate surface area is 159 Å². The van der Waals surface area contributed by atoms with E-state index in [0.29, 0.717) is 0 Å². The molecular weight excluding hydrogens is 332 g/mol. The number of benzene rings is 1. The summed E-state index contributed by atoms with van der Waals surface area (Å²) in [5.74, 6) is 1.08. The average Bonchev–Trinajstić information content (AvgIpc) is 3.37. The van der Waals surface area contributed by atoms with Crippen molar-refractivity contribution in [3.05, 3.63) is 67.0 Å². The summed E-state index contributed by atoms with van der Waals surface area (Å²) < 4.78 is 2.09. The van der Waals surface area contributed by atoms with Gasteiger partial charge in [0.15, 0.2) is 0 Å². The molecule has 0 unspecified atom stereocenters. The molecule has 1 aliphatic heterocycles. The smallest absolute Gasteiger partial charge is 0.140 e. The number of anilines is 1. The summed E-state index contributed by atoms with van der Waals surface area (Å²) in [7, 11) is 2.05. The average molecular weight is 354 g/mol. The molecule has 0 bridgehead atoms. The molecule has 1 saturated heterocycles. The van der Waals surface area contributed by atoms with Crippen molar-refractivity contribution in [2.45, 2.75) is 12.8 Å². The SMILES string of the molecule is Cn1cc(-c2cccc(N3CCCC3)n2)c2cc(-c3ccccc3)cnc21. The first kappa shape index (κ1) is 16.1. The third-order valence-corrected chi connectivity index (χ3v) is 5.36. The summed E-state index contributed by atoms with van der Waals surface area (Å²) in [4.78, 5) is 12.1. The Kier molecular flexibility index (Phi) is 3.89.